The number of aryl methyl sites for hydroxylation is 1. The van der Waals surface area contributed by atoms with E-state index in [1.54, 1.807) is 0 Å². The van der Waals surface area contributed by atoms with Crippen LogP contribution in [0.2, 0.25) is 0 Å². The van der Waals surface area contributed by atoms with Gasteiger partial charge in [0, 0.05) is 31.0 Å². The molecule has 2 aromatic heterocycles. The first kappa shape index (κ1) is 12.3. The Morgan fingerprint density at radius 3 is 3.00 bits per heavy atom. The van der Waals surface area contributed by atoms with Gasteiger partial charge >= 0.3 is 0 Å². The Hall–Kier alpha value is -1.69. The molecule has 2 atom stereocenters. The molecule has 0 radical (unpaired) electrons. The van der Waals surface area contributed by atoms with E-state index in [9.17, 15) is 0 Å². The summed E-state index contributed by atoms with van der Waals surface area (Å²) in [6, 6.07) is 0.468. The van der Waals surface area contributed by atoms with E-state index in [0.717, 1.165) is 30.3 Å². The molecule has 1 fully saturated rings. The van der Waals surface area contributed by atoms with Crippen LogP contribution in [0.3, 0.4) is 0 Å². The van der Waals surface area contributed by atoms with E-state index < -0.39 is 0 Å². The highest BCUT2D eigenvalue weighted by Crippen LogP contribution is 2.27. The quantitative estimate of drug-likeness (QED) is 0.876. The van der Waals surface area contributed by atoms with Gasteiger partial charge in [-0.05, 0) is 33.1 Å². The molecule has 6 nitrogen and oxygen atoms in total. The molecule has 2 aromatic rings. The standard InChI is InChI=1S/C13H20N6/c1-9(14)11-5-3-4-7-19(11)12-13-17-16-10(2)18(13)8-6-15-12/h6,8-9,11H,3-5,7,14H2,1-2H3. The molecular weight excluding hydrogens is 240 g/mol. The van der Waals surface area contributed by atoms with Gasteiger partial charge in [0.05, 0.1) is 0 Å². The topological polar surface area (TPSA) is 72.3 Å². The molecule has 6 heteroatoms. The maximum atomic E-state index is 6.13. The molecular formula is C13H20N6. The van der Waals surface area contributed by atoms with Crippen LogP contribution in [0.5, 0.6) is 0 Å². The Kier molecular flexibility index (Phi) is 3.10. The van der Waals surface area contributed by atoms with E-state index in [1.165, 1.54) is 12.8 Å². The van der Waals surface area contributed by atoms with E-state index >= 15 is 0 Å². The maximum Gasteiger partial charge on any atom is 0.203 e. The zero-order valence-corrected chi connectivity index (χ0v) is 11.5. The second-order valence-corrected chi connectivity index (χ2v) is 5.31. The Bertz CT molecular complexity index is 576. The van der Waals surface area contributed by atoms with Crippen molar-refractivity contribution >= 4 is 11.5 Å². The third-order valence-electron chi connectivity index (χ3n) is 3.91. The minimum atomic E-state index is 0.131. The van der Waals surface area contributed by atoms with Crippen LogP contribution in [0.25, 0.3) is 5.65 Å². The minimum absolute atomic E-state index is 0.131. The van der Waals surface area contributed by atoms with Crippen molar-refractivity contribution in [2.45, 2.75) is 45.2 Å². The van der Waals surface area contributed by atoms with Crippen molar-refractivity contribution < 1.29 is 0 Å². The summed E-state index contributed by atoms with van der Waals surface area (Å²) in [6.45, 7) is 5.01. The number of piperidine rings is 1. The molecule has 1 saturated heterocycles. The van der Waals surface area contributed by atoms with Crippen molar-refractivity contribution in [3.63, 3.8) is 0 Å². The fraction of sp³-hybridized carbons (Fsp3) is 0.615. The lowest BCUT2D eigenvalue weighted by molar-refractivity contribution is 0.411. The van der Waals surface area contributed by atoms with Crippen molar-refractivity contribution in [1.29, 1.82) is 0 Å². The number of hydrogen-bond acceptors (Lipinski definition) is 5. The normalized spacial score (nSPS) is 21.8. The smallest absolute Gasteiger partial charge is 0.203 e. The van der Waals surface area contributed by atoms with Gasteiger partial charge in [-0.15, -0.1) is 10.2 Å². The zero-order valence-electron chi connectivity index (χ0n) is 11.5. The highest BCUT2D eigenvalue weighted by Gasteiger charge is 2.28. The summed E-state index contributed by atoms with van der Waals surface area (Å²) < 4.78 is 1.98. The fourth-order valence-electron chi connectivity index (χ4n) is 2.90. The van der Waals surface area contributed by atoms with Crippen molar-refractivity contribution in [3.05, 3.63) is 18.2 Å². The Morgan fingerprint density at radius 2 is 2.21 bits per heavy atom. The first-order chi connectivity index (χ1) is 9.18. The summed E-state index contributed by atoms with van der Waals surface area (Å²) in [5.74, 6) is 1.79. The summed E-state index contributed by atoms with van der Waals surface area (Å²) in [7, 11) is 0. The van der Waals surface area contributed by atoms with Crippen LogP contribution in [-0.2, 0) is 0 Å². The number of hydrogen-bond donors (Lipinski definition) is 1. The van der Waals surface area contributed by atoms with Crippen LogP contribution in [0, 0.1) is 6.92 Å². The summed E-state index contributed by atoms with van der Waals surface area (Å²) in [5.41, 5.74) is 6.96. The van der Waals surface area contributed by atoms with Crippen molar-refractivity contribution in [2.75, 3.05) is 11.4 Å². The largest absolute Gasteiger partial charge is 0.349 e. The van der Waals surface area contributed by atoms with Gasteiger partial charge in [-0.3, -0.25) is 4.40 Å². The number of rotatable bonds is 2. The lowest BCUT2D eigenvalue weighted by Gasteiger charge is -2.38. The van der Waals surface area contributed by atoms with Gasteiger partial charge in [0.15, 0.2) is 5.82 Å². The summed E-state index contributed by atoms with van der Waals surface area (Å²) >= 11 is 0. The molecule has 0 aliphatic carbocycles. The van der Waals surface area contributed by atoms with Crippen LogP contribution in [-0.4, -0.2) is 38.2 Å². The van der Waals surface area contributed by atoms with Gasteiger partial charge in [0.25, 0.3) is 0 Å². The Labute approximate surface area is 112 Å². The van der Waals surface area contributed by atoms with E-state index in [0.29, 0.717) is 6.04 Å². The van der Waals surface area contributed by atoms with Crippen molar-refractivity contribution in [3.8, 4) is 0 Å². The lowest BCUT2D eigenvalue weighted by Crippen LogP contribution is -2.49. The third-order valence-corrected chi connectivity index (χ3v) is 3.91. The van der Waals surface area contributed by atoms with Crippen LogP contribution >= 0.6 is 0 Å². The minimum Gasteiger partial charge on any atom is -0.349 e. The van der Waals surface area contributed by atoms with Gasteiger partial charge in [0.2, 0.25) is 5.65 Å². The van der Waals surface area contributed by atoms with E-state index in [4.69, 9.17) is 5.73 Å². The van der Waals surface area contributed by atoms with Gasteiger partial charge in [-0.2, -0.15) is 0 Å². The van der Waals surface area contributed by atoms with Crippen LogP contribution < -0.4 is 10.6 Å². The summed E-state index contributed by atoms with van der Waals surface area (Å²) in [6.07, 6.45) is 7.24. The molecule has 1 aliphatic rings. The number of fused-ring (bicyclic) bond motifs is 1. The van der Waals surface area contributed by atoms with Gasteiger partial charge in [0.1, 0.15) is 5.82 Å². The molecule has 0 bridgehead atoms. The average molecular weight is 260 g/mol. The SMILES string of the molecule is Cc1nnc2c(N3CCCCC3C(C)N)nccn12. The molecule has 102 valence electrons. The second-order valence-electron chi connectivity index (χ2n) is 5.31. The summed E-state index contributed by atoms with van der Waals surface area (Å²) in [4.78, 5) is 6.83. The highest BCUT2D eigenvalue weighted by molar-refractivity contribution is 5.64. The first-order valence-electron chi connectivity index (χ1n) is 6.87. The van der Waals surface area contributed by atoms with Crippen molar-refractivity contribution in [1.82, 2.24) is 19.6 Å². The monoisotopic (exact) mass is 260 g/mol. The average Bonchev–Trinajstić information content (AvgIpc) is 2.81. The molecule has 2 unspecified atom stereocenters. The first-order valence-corrected chi connectivity index (χ1v) is 6.87. The molecule has 0 spiro atoms. The van der Waals surface area contributed by atoms with Crippen LogP contribution in [0.4, 0.5) is 5.82 Å². The molecule has 19 heavy (non-hydrogen) atoms. The van der Waals surface area contributed by atoms with Crippen molar-refractivity contribution in [2.24, 2.45) is 5.73 Å². The van der Waals surface area contributed by atoms with E-state index in [-0.39, 0.29) is 6.04 Å². The van der Waals surface area contributed by atoms with Gasteiger partial charge in [-0.25, -0.2) is 4.98 Å². The highest BCUT2D eigenvalue weighted by atomic mass is 15.3. The van der Waals surface area contributed by atoms with Gasteiger partial charge in [-0.1, -0.05) is 0 Å². The predicted molar refractivity (Wildman–Crippen MR) is 74.2 cm³/mol. The van der Waals surface area contributed by atoms with Gasteiger partial charge < -0.3 is 10.6 Å². The number of nitrogens with zero attached hydrogens (tertiary/aromatic N) is 5. The molecule has 0 amide bonds. The number of aromatic nitrogens is 4. The fourth-order valence-corrected chi connectivity index (χ4v) is 2.90. The number of nitrogens with two attached hydrogens (primary N) is 1. The predicted octanol–water partition coefficient (Wildman–Crippen LogP) is 1.14. The Morgan fingerprint density at radius 1 is 1.37 bits per heavy atom. The van der Waals surface area contributed by atoms with E-state index in [1.807, 2.05) is 23.7 Å². The van der Waals surface area contributed by atoms with Crippen LogP contribution in [0.1, 0.15) is 32.0 Å². The van der Waals surface area contributed by atoms with E-state index in [2.05, 4.69) is 27.0 Å². The van der Waals surface area contributed by atoms with Crippen LogP contribution in [0.15, 0.2) is 12.4 Å². The molecule has 2 N–H and O–H groups in total. The second kappa shape index (κ2) is 4.77. The molecule has 3 heterocycles. The molecule has 0 aromatic carbocycles. The maximum absolute atomic E-state index is 6.13. The molecule has 0 saturated carbocycles. The number of anilines is 1. The molecule has 3 rings (SSSR count). The lowest BCUT2D eigenvalue weighted by atomic mass is 9.97. The Balaban J connectivity index is 2.07. The summed E-state index contributed by atoms with van der Waals surface area (Å²) in [5, 5.41) is 8.39. The molecule has 1 aliphatic heterocycles. The third kappa shape index (κ3) is 2.06. The zero-order chi connectivity index (χ0) is 13.4.